The summed E-state index contributed by atoms with van der Waals surface area (Å²) in [5.41, 5.74) is 1.05. The summed E-state index contributed by atoms with van der Waals surface area (Å²) in [6, 6.07) is 9.77. The molecular formula is C16H14N4OS2. The number of nitrogens with zero attached hydrogens (tertiary/aromatic N) is 4. The Balaban J connectivity index is 1.95. The zero-order chi connectivity index (χ0) is 16.4. The second kappa shape index (κ2) is 6.44. The van der Waals surface area contributed by atoms with E-state index < -0.39 is 0 Å². The van der Waals surface area contributed by atoms with Gasteiger partial charge < -0.3 is 9.67 Å². The first-order valence-corrected chi connectivity index (χ1v) is 8.63. The van der Waals surface area contributed by atoms with Crippen molar-refractivity contribution in [3.63, 3.8) is 0 Å². The number of hydrogen-bond donors (Lipinski definition) is 1. The average molecular weight is 342 g/mol. The van der Waals surface area contributed by atoms with Crippen LogP contribution in [0, 0.1) is 11.3 Å². The first-order chi connectivity index (χ1) is 11.1. The van der Waals surface area contributed by atoms with Gasteiger partial charge in [0.15, 0.2) is 5.16 Å². The van der Waals surface area contributed by atoms with Crippen molar-refractivity contribution in [2.45, 2.75) is 17.3 Å². The topological polar surface area (TPSA) is 74.7 Å². The summed E-state index contributed by atoms with van der Waals surface area (Å²) in [4.78, 5) is 8.68. The zero-order valence-corrected chi connectivity index (χ0v) is 14.2. The molecule has 116 valence electrons. The number of nitriles is 1. The SMILES string of the molecule is C[C@H](Sc1nccn1C)C(O)=C(C#N)c1nc2ccccc2s1. The number of allylic oxidation sites excluding steroid dienone is 1. The van der Waals surface area contributed by atoms with E-state index in [1.807, 2.05) is 49.0 Å². The number of aliphatic hydroxyl groups is 1. The van der Waals surface area contributed by atoms with Crippen LogP contribution in [0.3, 0.4) is 0 Å². The van der Waals surface area contributed by atoms with Crippen LogP contribution in [-0.2, 0) is 7.05 Å². The van der Waals surface area contributed by atoms with E-state index in [0.717, 1.165) is 15.4 Å². The highest BCUT2D eigenvalue weighted by Crippen LogP contribution is 2.32. The van der Waals surface area contributed by atoms with Crippen LogP contribution in [0.15, 0.2) is 47.6 Å². The molecule has 2 heterocycles. The van der Waals surface area contributed by atoms with Crippen molar-refractivity contribution in [1.82, 2.24) is 14.5 Å². The Bertz CT molecular complexity index is 886. The van der Waals surface area contributed by atoms with E-state index in [1.54, 1.807) is 6.20 Å². The number of thiazole rings is 1. The van der Waals surface area contributed by atoms with Gasteiger partial charge in [0.05, 0.1) is 15.5 Å². The minimum atomic E-state index is -0.294. The fourth-order valence-electron chi connectivity index (χ4n) is 2.08. The zero-order valence-electron chi connectivity index (χ0n) is 12.6. The minimum Gasteiger partial charge on any atom is -0.510 e. The van der Waals surface area contributed by atoms with Gasteiger partial charge in [-0.25, -0.2) is 9.97 Å². The van der Waals surface area contributed by atoms with Crippen LogP contribution in [0.2, 0.25) is 0 Å². The summed E-state index contributed by atoms with van der Waals surface area (Å²) in [6.45, 7) is 1.85. The third-order valence-corrected chi connectivity index (χ3v) is 5.55. The summed E-state index contributed by atoms with van der Waals surface area (Å²) in [5, 5.41) is 21.0. The van der Waals surface area contributed by atoms with Gasteiger partial charge in [0.1, 0.15) is 22.4 Å². The highest BCUT2D eigenvalue weighted by Gasteiger charge is 2.20. The number of rotatable bonds is 4. The lowest BCUT2D eigenvalue weighted by molar-refractivity contribution is 0.402. The van der Waals surface area contributed by atoms with Gasteiger partial charge in [-0.2, -0.15) is 5.26 Å². The number of thioether (sulfide) groups is 1. The number of aliphatic hydroxyl groups excluding tert-OH is 1. The smallest absolute Gasteiger partial charge is 0.168 e. The van der Waals surface area contributed by atoms with Gasteiger partial charge in [0.25, 0.3) is 0 Å². The summed E-state index contributed by atoms with van der Waals surface area (Å²) in [6.07, 6.45) is 3.54. The first kappa shape index (κ1) is 15.6. The maximum atomic E-state index is 10.5. The van der Waals surface area contributed by atoms with E-state index in [0.29, 0.717) is 5.01 Å². The second-order valence-corrected chi connectivity index (χ2v) is 7.28. The normalized spacial score (nSPS) is 13.6. The van der Waals surface area contributed by atoms with Crippen LogP contribution in [0.1, 0.15) is 11.9 Å². The molecule has 0 amide bonds. The summed E-state index contributed by atoms with van der Waals surface area (Å²) < 4.78 is 2.87. The molecule has 0 aliphatic carbocycles. The predicted molar refractivity (Wildman–Crippen MR) is 93.3 cm³/mol. The number of aromatic nitrogens is 3. The Labute approximate surface area is 141 Å². The van der Waals surface area contributed by atoms with Crippen molar-refractivity contribution in [3.8, 4) is 6.07 Å². The van der Waals surface area contributed by atoms with Crippen molar-refractivity contribution in [3.05, 3.63) is 47.4 Å². The monoisotopic (exact) mass is 342 g/mol. The maximum absolute atomic E-state index is 10.5. The first-order valence-electron chi connectivity index (χ1n) is 6.93. The molecule has 0 fully saturated rings. The van der Waals surface area contributed by atoms with Gasteiger partial charge in [0, 0.05) is 19.4 Å². The van der Waals surface area contributed by atoms with E-state index in [1.165, 1.54) is 23.1 Å². The third kappa shape index (κ3) is 3.09. The van der Waals surface area contributed by atoms with Gasteiger partial charge in [-0.15, -0.1) is 11.3 Å². The molecule has 7 heteroatoms. The van der Waals surface area contributed by atoms with E-state index in [2.05, 4.69) is 16.0 Å². The summed E-state index contributed by atoms with van der Waals surface area (Å²) >= 11 is 2.81. The van der Waals surface area contributed by atoms with Gasteiger partial charge in [-0.1, -0.05) is 23.9 Å². The summed E-state index contributed by atoms with van der Waals surface area (Å²) in [7, 11) is 1.89. The minimum absolute atomic E-state index is 0.0274. The van der Waals surface area contributed by atoms with Crippen LogP contribution in [0.5, 0.6) is 0 Å². The molecule has 23 heavy (non-hydrogen) atoms. The van der Waals surface area contributed by atoms with Crippen molar-refractivity contribution in [1.29, 1.82) is 5.26 Å². The van der Waals surface area contributed by atoms with Crippen molar-refractivity contribution < 1.29 is 5.11 Å². The Morgan fingerprint density at radius 1 is 1.43 bits per heavy atom. The van der Waals surface area contributed by atoms with Gasteiger partial charge in [-0.3, -0.25) is 0 Å². The van der Waals surface area contributed by atoms with Crippen molar-refractivity contribution in [2.24, 2.45) is 7.05 Å². The highest BCUT2D eigenvalue weighted by atomic mass is 32.2. The number of fused-ring (bicyclic) bond motifs is 1. The van der Waals surface area contributed by atoms with Crippen LogP contribution in [-0.4, -0.2) is 24.9 Å². The molecule has 0 saturated carbocycles. The van der Waals surface area contributed by atoms with E-state index in [9.17, 15) is 10.4 Å². The quantitative estimate of drug-likeness (QED) is 0.440. The van der Waals surface area contributed by atoms with E-state index >= 15 is 0 Å². The molecule has 0 radical (unpaired) electrons. The lowest BCUT2D eigenvalue weighted by Crippen LogP contribution is -2.05. The van der Waals surface area contributed by atoms with Crippen LogP contribution in [0.4, 0.5) is 0 Å². The third-order valence-electron chi connectivity index (χ3n) is 3.32. The van der Waals surface area contributed by atoms with Crippen molar-refractivity contribution >= 4 is 38.9 Å². The molecule has 5 nitrogen and oxygen atoms in total. The molecule has 0 aliphatic heterocycles. The van der Waals surface area contributed by atoms with E-state index in [-0.39, 0.29) is 16.6 Å². The molecule has 1 N–H and O–H groups in total. The van der Waals surface area contributed by atoms with Gasteiger partial charge >= 0.3 is 0 Å². The number of imidazole rings is 1. The number of aryl methyl sites for hydroxylation is 1. The van der Waals surface area contributed by atoms with Gasteiger partial charge in [-0.05, 0) is 19.1 Å². The number of benzene rings is 1. The predicted octanol–water partition coefficient (Wildman–Crippen LogP) is 4.00. The van der Waals surface area contributed by atoms with Crippen molar-refractivity contribution in [2.75, 3.05) is 0 Å². The highest BCUT2D eigenvalue weighted by molar-refractivity contribution is 7.99. The fraction of sp³-hybridized carbons (Fsp3) is 0.188. The second-order valence-electron chi connectivity index (χ2n) is 4.94. The fourth-order valence-corrected chi connectivity index (χ4v) is 3.94. The standard InChI is InChI=1S/C16H14N4OS2/c1-10(22-16-18-7-8-20(16)2)14(21)11(9-17)15-19-12-5-3-4-6-13(12)23-15/h3-8,10,21H,1-2H3/t10-/m0/s1. The average Bonchev–Trinajstić information content (AvgIpc) is 3.14. The molecule has 2 aromatic heterocycles. The number of hydrogen-bond acceptors (Lipinski definition) is 6. The Hall–Kier alpha value is -2.30. The van der Waals surface area contributed by atoms with Crippen LogP contribution >= 0.6 is 23.1 Å². The molecule has 0 saturated heterocycles. The Morgan fingerprint density at radius 2 is 2.22 bits per heavy atom. The molecule has 1 atom stereocenters. The molecule has 0 aliphatic rings. The molecule has 0 bridgehead atoms. The lowest BCUT2D eigenvalue weighted by atomic mass is 10.2. The molecule has 3 rings (SSSR count). The van der Waals surface area contributed by atoms with Gasteiger partial charge in [0.2, 0.25) is 0 Å². The largest absolute Gasteiger partial charge is 0.510 e. The molecule has 0 spiro atoms. The van der Waals surface area contributed by atoms with Crippen LogP contribution < -0.4 is 0 Å². The molecule has 0 unspecified atom stereocenters. The maximum Gasteiger partial charge on any atom is 0.168 e. The molecule has 1 aromatic carbocycles. The van der Waals surface area contributed by atoms with Crippen LogP contribution in [0.25, 0.3) is 15.8 Å². The summed E-state index contributed by atoms with van der Waals surface area (Å²) in [5.74, 6) is 0.0274. The van der Waals surface area contributed by atoms with E-state index in [4.69, 9.17) is 0 Å². The Morgan fingerprint density at radius 3 is 2.87 bits per heavy atom. The molecular weight excluding hydrogens is 328 g/mol. The lowest BCUT2D eigenvalue weighted by Gasteiger charge is -2.11. The Kier molecular flexibility index (Phi) is 4.37. The number of para-hydroxylation sites is 1. The molecule has 3 aromatic rings.